The Morgan fingerprint density at radius 2 is 2.21 bits per heavy atom. The molecule has 0 saturated heterocycles. The van der Waals surface area contributed by atoms with Crippen molar-refractivity contribution in [2.45, 2.75) is 32.7 Å². The van der Waals surface area contributed by atoms with Gasteiger partial charge in [-0.1, -0.05) is 26.3 Å². The molecular weight excluding hydrogens is 262 g/mol. The lowest BCUT2D eigenvalue weighted by atomic mass is 9.98. The van der Waals surface area contributed by atoms with Gasteiger partial charge in [0.15, 0.2) is 0 Å². The average molecular weight is 283 g/mol. The number of carbonyl (C=O) groups is 2. The second-order valence-electron chi connectivity index (χ2n) is 4.49. The van der Waals surface area contributed by atoms with Gasteiger partial charge in [0.2, 0.25) is 5.91 Å². The molecule has 0 aliphatic rings. The molecule has 1 aromatic heterocycles. The summed E-state index contributed by atoms with van der Waals surface area (Å²) in [5.41, 5.74) is 5.10. The van der Waals surface area contributed by atoms with Gasteiger partial charge in [-0.2, -0.15) is 0 Å². The van der Waals surface area contributed by atoms with E-state index in [0.29, 0.717) is 6.54 Å². The molecule has 0 fully saturated rings. The van der Waals surface area contributed by atoms with Crippen LogP contribution in [0.3, 0.4) is 0 Å². The number of rotatable bonds is 7. The molecule has 1 rings (SSSR count). The fraction of sp³-hybridized carbons (Fsp3) is 0.538. The minimum Gasteiger partial charge on any atom is -0.354 e. The van der Waals surface area contributed by atoms with Gasteiger partial charge in [0, 0.05) is 11.4 Å². The van der Waals surface area contributed by atoms with E-state index in [1.807, 2.05) is 31.4 Å². The van der Waals surface area contributed by atoms with Gasteiger partial charge >= 0.3 is 6.03 Å². The molecule has 0 bridgehead atoms. The first-order valence-electron chi connectivity index (χ1n) is 6.40. The lowest BCUT2D eigenvalue weighted by Crippen LogP contribution is -2.52. The smallest absolute Gasteiger partial charge is 0.312 e. The zero-order valence-electron chi connectivity index (χ0n) is 11.3. The van der Waals surface area contributed by atoms with Gasteiger partial charge in [-0.25, -0.2) is 4.79 Å². The van der Waals surface area contributed by atoms with Crippen molar-refractivity contribution in [3.8, 4) is 0 Å². The number of thiophene rings is 1. The van der Waals surface area contributed by atoms with Crippen LogP contribution in [0.25, 0.3) is 0 Å². The van der Waals surface area contributed by atoms with Crippen molar-refractivity contribution >= 4 is 23.3 Å². The van der Waals surface area contributed by atoms with E-state index in [9.17, 15) is 9.59 Å². The van der Waals surface area contributed by atoms with E-state index < -0.39 is 12.1 Å². The quantitative estimate of drug-likeness (QED) is 0.708. The maximum Gasteiger partial charge on any atom is 0.312 e. The molecular formula is C13H21N3O2S. The number of primary amides is 1. The summed E-state index contributed by atoms with van der Waals surface area (Å²) in [6.45, 7) is 4.45. The molecule has 0 aromatic carbocycles. The third-order valence-corrected chi connectivity index (χ3v) is 3.98. The topological polar surface area (TPSA) is 84.2 Å². The first-order valence-corrected chi connectivity index (χ1v) is 7.28. The summed E-state index contributed by atoms with van der Waals surface area (Å²) < 4.78 is 0. The zero-order valence-corrected chi connectivity index (χ0v) is 12.1. The van der Waals surface area contributed by atoms with Crippen LogP contribution in [0.2, 0.25) is 0 Å². The van der Waals surface area contributed by atoms with Crippen LogP contribution in [0, 0.1) is 5.92 Å². The predicted molar refractivity (Wildman–Crippen MR) is 77.0 cm³/mol. The summed E-state index contributed by atoms with van der Waals surface area (Å²) in [6, 6.07) is 2.79. The van der Waals surface area contributed by atoms with E-state index in [1.54, 1.807) is 11.3 Å². The molecule has 2 unspecified atom stereocenters. The second kappa shape index (κ2) is 7.78. The SMILES string of the molecule is CCC(C)C(NC(N)=O)C(=O)NCCc1cccs1. The molecule has 106 valence electrons. The number of nitrogens with one attached hydrogen (secondary N) is 2. The van der Waals surface area contributed by atoms with Crippen molar-refractivity contribution in [1.29, 1.82) is 0 Å². The minimum absolute atomic E-state index is 0.0502. The number of hydrogen-bond acceptors (Lipinski definition) is 3. The van der Waals surface area contributed by atoms with Crippen molar-refractivity contribution in [3.05, 3.63) is 22.4 Å². The standard InChI is InChI=1S/C13H21N3O2S/c1-3-9(2)11(16-13(14)18)12(17)15-7-6-10-5-4-8-19-10/h4-5,8-9,11H,3,6-7H2,1-2H3,(H,15,17)(H3,14,16,18). The fourth-order valence-electron chi connectivity index (χ4n) is 1.73. The first kappa shape index (κ1) is 15.5. The highest BCUT2D eigenvalue weighted by Gasteiger charge is 2.24. The molecule has 6 heteroatoms. The molecule has 0 saturated carbocycles. The molecule has 1 aromatic rings. The Morgan fingerprint density at radius 1 is 1.47 bits per heavy atom. The van der Waals surface area contributed by atoms with Crippen molar-refractivity contribution < 1.29 is 9.59 Å². The summed E-state index contributed by atoms with van der Waals surface area (Å²) in [4.78, 5) is 24.2. The van der Waals surface area contributed by atoms with Crippen LogP contribution in [0.1, 0.15) is 25.1 Å². The molecule has 2 atom stereocenters. The Morgan fingerprint density at radius 3 is 2.74 bits per heavy atom. The van der Waals surface area contributed by atoms with Crippen molar-refractivity contribution in [3.63, 3.8) is 0 Å². The number of nitrogens with two attached hydrogens (primary N) is 1. The fourth-order valence-corrected chi connectivity index (χ4v) is 2.44. The van der Waals surface area contributed by atoms with E-state index in [2.05, 4.69) is 10.6 Å². The molecule has 4 N–H and O–H groups in total. The van der Waals surface area contributed by atoms with E-state index in [1.165, 1.54) is 4.88 Å². The molecule has 19 heavy (non-hydrogen) atoms. The van der Waals surface area contributed by atoms with Crippen molar-refractivity contribution in [2.24, 2.45) is 11.7 Å². The van der Waals surface area contributed by atoms with Crippen LogP contribution in [0.15, 0.2) is 17.5 Å². The van der Waals surface area contributed by atoms with Gasteiger partial charge in [-0.05, 0) is 23.8 Å². The van der Waals surface area contributed by atoms with Gasteiger partial charge < -0.3 is 16.4 Å². The van der Waals surface area contributed by atoms with Crippen molar-refractivity contribution in [2.75, 3.05) is 6.54 Å². The summed E-state index contributed by atoms with van der Waals surface area (Å²) in [5, 5.41) is 7.35. The van der Waals surface area contributed by atoms with Gasteiger partial charge in [0.25, 0.3) is 0 Å². The monoisotopic (exact) mass is 283 g/mol. The van der Waals surface area contributed by atoms with Gasteiger partial charge in [-0.3, -0.25) is 4.79 Å². The lowest BCUT2D eigenvalue weighted by Gasteiger charge is -2.22. The van der Waals surface area contributed by atoms with E-state index in [4.69, 9.17) is 5.73 Å². The van der Waals surface area contributed by atoms with Crippen LogP contribution >= 0.6 is 11.3 Å². The number of carbonyl (C=O) groups excluding carboxylic acids is 2. The van der Waals surface area contributed by atoms with E-state index in [0.717, 1.165) is 12.8 Å². The lowest BCUT2D eigenvalue weighted by molar-refractivity contribution is -0.124. The molecule has 1 heterocycles. The Kier molecular flexibility index (Phi) is 6.35. The third kappa shape index (κ3) is 5.30. The Labute approximate surface area is 117 Å². The number of amides is 3. The normalized spacial score (nSPS) is 13.6. The summed E-state index contributed by atoms with van der Waals surface area (Å²) in [6.07, 6.45) is 1.59. The molecule has 0 aliphatic carbocycles. The Hall–Kier alpha value is -1.56. The number of urea groups is 1. The Bertz CT molecular complexity index is 406. The first-order chi connectivity index (χ1) is 9.04. The highest BCUT2D eigenvalue weighted by atomic mass is 32.1. The molecule has 0 aliphatic heterocycles. The van der Waals surface area contributed by atoms with Crippen LogP contribution in [-0.4, -0.2) is 24.5 Å². The molecule has 0 spiro atoms. The summed E-state index contributed by atoms with van der Waals surface area (Å²) in [7, 11) is 0. The highest BCUT2D eigenvalue weighted by Crippen LogP contribution is 2.09. The minimum atomic E-state index is -0.668. The zero-order chi connectivity index (χ0) is 14.3. The predicted octanol–water partition coefficient (Wildman–Crippen LogP) is 1.49. The van der Waals surface area contributed by atoms with Crippen LogP contribution < -0.4 is 16.4 Å². The second-order valence-corrected chi connectivity index (χ2v) is 5.52. The van der Waals surface area contributed by atoms with Gasteiger partial charge in [0.1, 0.15) is 6.04 Å². The van der Waals surface area contributed by atoms with Crippen LogP contribution in [0.4, 0.5) is 4.79 Å². The van der Waals surface area contributed by atoms with Crippen LogP contribution in [0.5, 0.6) is 0 Å². The van der Waals surface area contributed by atoms with Crippen molar-refractivity contribution in [1.82, 2.24) is 10.6 Å². The van der Waals surface area contributed by atoms with Crippen LogP contribution in [-0.2, 0) is 11.2 Å². The average Bonchev–Trinajstić information content (AvgIpc) is 2.87. The van der Waals surface area contributed by atoms with Gasteiger partial charge in [0.05, 0.1) is 0 Å². The Balaban J connectivity index is 2.44. The summed E-state index contributed by atoms with van der Waals surface area (Å²) >= 11 is 1.66. The van der Waals surface area contributed by atoms with Gasteiger partial charge in [-0.15, -0.1) is 11.3 Å². The maximum atomic E-state index is 12.0. The molecule has 0 radical (unpaired) electrons. The molecule has 3 amide bonds. The van der Waals surface area contributed by atoms with E-state index >= 15 is 0 Å². The maximum absolute atomic E-state index is 12.0. The summed E-state index contributed by atoms with van der Waals surface area (Å²) in [5.74, 6) is -0.126. The third-order valence-electron chi connectivity index (χ3n) is 3.04. The number of hydrogen-bond donors (Lipinski definition) is 3. The molecule has 5 nitrogen and oxygen atoms in total. The highest BCUT2D eigenvalue weighted by molar-refractivity contribution is 7.09. The van der Waals surface area contributed by atoms with E-state index in [-0.39, 0.29) is 11.8 Å². The largest absolute Gasteiger partial charge is 0.354 e.